The Kier molecular flexibility index (Phi) is 4.55. The van der Waals surface area contributed by atoms with E-state index in [0.717, 1.165) is 6.42 Å². The number of halogens is 1. The van der Waals surface area contributed by atoms with Crippen LogP contribution in [-0.2, 0) is 16.6 Å². The Hall–Kier alpha value is -0.820. The van der Waals surface area contributed by atoms with Crippen molar-refractivity contribution in [2.45, 2.75) is 19.9 Å². The maximum absolute atomic E-state index is 11.4. The van der Waals surface area contributed by atoms with Crippen molar-refractivity contribution in [1.82, 2.24) is 4.57 Å². The number of anilines is 1. The molecule has 0 radical (unpaired) electrons. The van der Waals surface area contributed by atoms with E-state index in [4.69, 9.17) is 0 Å². The summed E-state index contributed by atoms with van der Waals surface area (Å²) in [5.74, 6) is 0. The molecular weight excluding hydrogens is 296 g/mol. The molecule has 0 amide bonds. The lowest BCUT2D eigenvalue weighted by Gasteiger charge is -2.08. The Bertz CT molecular complexity index is 510. The SMILES string of the molecule is CCCn1cc(NS(=O)(=O)CBr)ccc1=O. The molecule has 90 valence electrons. The zero-order valence-corrected chi connectivity index (χ0v) is 11.2. The summed E-state index contributed by atoms with van der Waals surface area (Å²) in [5, 5.41) is 0. The van der Waals surface area contributed by atoms with Gasteiger partial charge in [0.2, 0.25) is 10.0 Å². The molecule has 0 bridgehead atoms. The van der Waals surface area contributed by atoms with Gasteiger partial charge in [-0.25, -0.2) is 8.42 Å². The van der Waals surface area contributed by atoms with Crippen LogP contribution in [0.25, 0.3) is 0 Å². The molecule has 16 heavy (non-hydrogen) atoms. The number of hydrogen-bond acceptors (Lipinski definition) is 3. The number of aryl methyl sites for hydroxylation is 1. The molecule has 1 aromatic heterocycles. The fraction of sp³-hybridized carbons (Fsp3) is 0.444. The predicted octanol–water partition coefficient (Wildman–Crippen LogP) is 1.35. The molecule has 1 rings (SSSR count). The largest absolute Gasteiger partial charge is 0.313 e. The second-order valence-electron chi connectivity index (χ2n) is 3.28. The number of sulfonamides is 1. The van der Waals surface area contributed by atoms with Crippen molar-refractivity contribution in [2.75, 3.05) is 9.38 Å². The molecule has 0 saturated heterocycles. The number of rotatable bonds is 5. The van der Waals surface area contributed by atoms with Crippen molar-refractivity contribution in [2.24, 2.45) is 0 Å². The number of pyridine rings is 1. The fourth-order valence-corrected chi connectivity index (χ4v) is 2.09. The first-order valence-electron chi connectivity index (χ1n) is 4.75. The Morgan fingerprint density at radius 3 is 2.69 bits per heavy atom. The van der Waals surface area contributed by atoms with Gasteiger partial charge in [0.05, 0.1) is 5.69 Å². The van der Waals surface area contributed by atoms with Gasteiger partial charge in [-0.1, -0.05) is 22.9 Å². The molecule has 1 aromatic rings. The third-order valence-electron chi connectivity index (χ3n) is 1.86. The van der Waals surface area contributed by atoms with Crippen molar-refractivity contribution in [3.05, 3.63) is 28.7 Å². The van der Waals surface area contributed by atoms with Crippen molar-refractivity contribution >= 4 is 31.6 Å². The van der Waals surface area contributed by atoms with Gasteiger partial charge in [0.25, 0.3) is 5.56 Å². The molecule has 0 aliphatic rings. The highest BCUT2D eigenvalue weighted by Gasteiger charge is 2.08. The highest BCUT2D eigenvalue weighted by Crippen LogP contribution is 2.08. The first-order valence-corrected chi connectivity index (χ1v) is 7.53. The maximum atomic E-state index is 11.4. The van der Waals surface area contributed by atoms with E-state index in [1.807, 2.05) is 6.92 Å². The summed E-state index contributed by atoms with van der Waals surface area (Å²) in [4.78, 5) is 11.4. The van der Waals surface area contributed by atoms with Gasteiger partial charge in [0.15, 0.2) is 0 Å². The van der Waals surface area contributed by atoms with Crippen LogP contribution in [0.15, 0.2) is 23.1 Å². The molecule has 0 spiro atoms. The van der Waals surface area contributed by atoms with Gasteiger partial charge in [-0.2, -0.15) is 0 Å². The van der Waals surface area contributed by atoms with E-state index in [2.05, 4.69) is 20.7 Å². The van der Waals surface area contributed by atoms with E-state index >= 15 is 0 Å². The molecule has 1 N–H and O–H groups in total. The molecule has 1 heterocycles. The number of nitrogens with zero attached hydrogens (tertiary/aromatic N) is 1. The van der Waals surface area contributed by atoms with Crippen LogP contribution in [-0.4, -0.2) is 17.6 Å². The molecular formula is C9H13BrN2O3S. The van der Waals surface area contributed by atoms with E-state index < -0.39 is 10.0 Å². The van der Waals surface area contributed by atoms with E-state index in [1.165, 1.54) is 22.9 Å². The van der Waals surface area contributed by atoms with E-state index in [0.29, 0.717) is 12.2 Å². The zero-order valence-electron chi connectivity index (χ0n) is 8.81. The highest BCUT2D eigenvalue weighted by molar-refractivity contribution is 9.10. The number of hydrogen-bond donors (Lipinski definition) is 1. The van der Waals surface area contributed by atoms with Gasteiger partial charge >= 0.3 is 0 Å². The van der Waals surface area contributed by atoms with Crippen LogP contribution in [0.3, 0.4) is 0 Å². The topological polar surface area (TPSA) is 68.2 Å². The van der Waals surface area contributed by atoms with E-state index in [1.54, 1.807) is 0 Å². The Balaban J connectivity index is 3.00. The monoisotopic (exact) mass is 308 g/mol. The van der Waals surface area contributed by atoms with Crippen LogP contribution < -0.4 is 10.3 Å². The molecule has 0 atom stereocenters. The molecule has 0 aliphatic carbocycles. The first kappa shape index (κ1) is 13.2. The summed E-state index contributed by atoms with van der Waals surface area (Å²) in [7, 11) is -3.37. The average Bonchev–Trinajstić information content (AvgIpc) is 2.23. The van der Waals surface area contributed by atoms with Crippen molar-refractivity contribution < 1.29 is 8.42 Å². The zero-order chi connectivity index (χ0) is 12.2. The number of alkyl halides is 1. The Labute approximate surface area is 103 Å². The van der Waals surface area contributed by atoms with Crippen molar-refractivity contribution in [3.8, 4) is 0 Å². The fourth-order valence-electron chi connectivity index (χ4n) is 1.21. The lowest BCUT2D eigenvalue weighted by molar-refractivity contribution is 0.605. The lowest BCUT2D eigenvalue weighted by Crippen LogP contribution is -2.20. The van der Waals surface area contributed by atoms with Crippen molar-refractivity contribution in [1.29, 1.82) is 0 Å². The Morgan fingerprint density at radius 1 is 1.44 bits per heavy atom. The van der Waals surface area contributed by atoms with Crippen LogP contribution in [0.1, 0.15) is 13.3 Å². The summed E-state index contributed by atoms with van der Waals surface area (Å²) in [6.45, 7) is 2.52. The summed E-state index contributed by atoms with van der Waals surface area (Å²) in [6.07, 6.45) is 2.32. The van der Waals surface area contributed by atoms with Crippen LogP contribution in [0.5, 0.6) is 0 Å². The molecule has 7 heteroatoms. The molecule has 0 saturated carbocycles. The third kappa shape index (κ3) is 3.64. The van der Waals surface area contributed by atoms with E-state index in [9.17, 15) is 13.2 Å². The molecule has 0 aromatic carbocycles. The second-order valence-corrected chi connectivity index (χ2v) is 6.30. The van der Waals surface area contributed by atoms with Crippen LogP contribution in [0, 0.1) is 0 Å². The quantitative estimate of drug-likeness (QED) is 0.835. The number of aromatic nitrogens is 1. The van der Waals surface area contributed by atoms with Gasteiger partial charge in [-0.15, -0.1) is 0 Å². The number of nitrogens with one attached hydrogen (secondary N) is 1. The second kappa shape index (κ2) is 5.49. The highest BCUT2D eigenvalue weighted by atomic mass is 79.9. The van der Waals surface area contributed by atoms with Gasteiger partial charge in [-0.3, -0.25) is 9.52 Å². The van der Waals surface area contributed by atoms with Crippen molar-refractivity contribution in [3.63, 3.8) is 0 Å². The molecule has 0 aliphatic heterocycles. The van der Waals surface area contributed by atoms with Crippen LogP contribution >= 0.6 is 15.9 Å². The van der Waals surface area contributed by atoms with Crippen LogP contribution in [0.2, 0.25) is 0 Å². The molecule has 5 nitrogen and oxygen atoms in total. The van der Waals surface area contributed by atoms with Crippen LogP contribution in [0.4, 0.5) is 5.69 Å². The minimum atomic E-state index is -3.37. The maximum Gasteiger partial charge on any atom is 0.250 e. The molecule has 0 unspecified atom stereocenters. The summed E-state index contributed by atoms with van der Waals surface area (Å²) >= 11 is 2.87. The van der Waals surface area contributed by atoms with Gasteiger partial charge in [0, 0.05) is 18.8 Å². The average molecular weight is 309 g/mol. The normalized spacial score (nSPS) is 11.4. The van der Waals surface area contributed by atoms with Gasteiger partial charge in [0.1, 0.15) is 4.66 Å². The Morgan fingerprint density at radius 2 is 2.12 bits per heavy atom. The summed E-state index contributed by atoms with van der Waals surface area (Å²) in [5.41, 5.74) is 0.260. The van der Waals surface area contributed by atoms with E-state index in [-0.39, 0.29) is 10.2 Å². The van der Waals surface area contributed by atoms with Gasteiger partial charge in [-0.05, 0) is 12.5 Å². The minimum absolute atomic E-state index is 0.136. The van der Waals surface area contributed by atoms with Gasteiger partial charge < -0.3 is 4.57 Å². The standard InChI is InChI=1S/C9H13BrN2O3S/c1-2-5-12-6-8(3-4-9(12)13)11-16(14,15)7-10/h3-4,6,11H,2,5,7H2,1H3. The first-order chi connectivity index (χ1) is 7.48. The predicted molar refractivity (Wildman–Crippen MR) is 67.3 cm³/mol. The minimum Gasteiger partial charge on any atom is -0.313 e. The third-order valence-corrected chi connectivity index (χ3v) is 4.51. The smallest absolute Gasteiger partial charge is 0.250 e. The molecule has 0 fully saturated rings. The summed E-state index contributed by atoms with van der Waals surface area (Å²) < 4.78 is 26.2. The lowest BCUT2D eigenvalue weighted by atomic mass is 10.4. The summed E-state index contributed by atoms with van der Waals surface area (Å²) in [6, 6.07) is 2.80.